The van der Waals surface area contributed by atoms with Gasteiger partial charge >= 0.3 is 6.03 Å². The van der Waals surface area contributed by atoms with Crippen LogP contribution in [0, 0.1) is 5.92 Å². The minimum Gasteiger partial charge on any atom is -0.342 e. The molecule has 142 valence electrons. The molecule has 0 aromatic heterocycles. The third-order valence-corrected chi connectivity index (χ3v) is 5.80. The molecule has 0 radical (unpaired) electrons. The average molecular weight is 357 g/mol. The second kappa shape index (κ2) is 9.06. The standard InChI is InChI=1S/C21H31N3O2/c1-23(19-13-7-2-3-8-14-19)20(25)17-10-9-15-24(16-17)21(26)22-18-11-5-4-6-12-18/h4-6,11-12,17,19H,2-3,7-10,13-16H2,1H3,(H,22,26). The number of nitrogens with one attached hydrogen (secondary N) is 1. The summed E-state index contributed by atoms with van der Waals surface area (Å²) in [4.78, 5) is 29.3. The average Bonchev–Trinajstić information content (AvgIpc) is 2.97. The van der Waals surface area contributed by atoms with Crippen LogP contribution in [0.5, 0.6) is 0 Å². The topological polar surface area (TPSA) is 52.7 Å². The third-order valence-electron chi connectivity index (χ3n) is 5.80. The first-order valence-electron chi connectivity index (χ1n) is 10.0. The Kier molecular flexibility index (Phi) is 6.53. The number of hydrogen-bond donors (Lipinski definition) is 1. The predicted octanol–water partition coefficient (Wildman–Crippen LogP) is 4.11. The van der Waals surface area contributed by atoms with E-state index in [2.05, 4.69) is 5.32 Å². The highest BCUT2D eigenvalue weighted by Crippen LogP contribution is 2.25. The predicted molar refractivity (Wildman–Crippen MR) is 104 cm³/mol. The summed E-state index contributed by atoms with van der Waals surface area (Å²) in [6.07, 6.45) is 9.02. The van der Waals surface area contributed by atoms with E-state index in [0.29, 0.717) is 12.6 Å². The number of hydrogen-bond acceptors (Lipinski definition) is 2. The molecule has 1 aromatic carbocycles. The molecule has 3 rings (SSSR count). The maximum atomic E-state index is 13.0. The fourth-order valence-electron chi connectivity index (χ4n) is 4.20. The third kappa shape index (κ3) is 4.77. The van der Waals surface area contributed by atoms with E-state index >= 15 is 0 Å². The molecule has 1 aliphatic carbocycles. The van der Waals surface area contributed by atoms with Gasteiger partial charge in [0.25, 0.3) is 0 Å². The van der Waals surface area contributed by atoms with Crippen molar-refractivity contribution in [3.63, 3.8) is 0 Å². The SMILES string of the molecule is CN(C(=O)C1CCCN(C(=O)Nc2ccccc2)C1)C1CCCCCC1. The quantitative estimate of drug-likeness (QED) is 0.828. The zero-order chi connectivity index (χ0) is 18.4. The molecule has 1 N–H and O–H groups in total. The van der Waals surface area contributed by atoms with Gasteiger partial charge in [0.05, 0.1) is 5.92 Å². The highest BCUT2D eigenvalue weighted by atomic mass is 16.2. The summed E-state index contributed by atoms with van der Waals surface area (Å²) in [6, 6.07) is 9.76. The highest BCUT2D eigenvalue weighted by molar-refractivity contribution is 5.90. The Balaban J connectivity index is 1.56. The van der Waals surface area contributed by atoms with Gasteiger partial charge in [-0.2, -0.15) is 0 Å². The lowest BCUT2D eigenvalue weighted by Crippen LogP contribution is -2.49. The Morgan fingerprint density at radius 1 is 1.00 bits per heavy atom. The molecular weight excluding hydrogens is 326 g/mol. The van der Waals surface area contributed by atoms with Crippen LogP contribution < -0.4 is 5.32 Å². The molecule has 3 amide bonds. The summed E-state index contributed by atoms with van der Waals surface area (Å²) < 4.78 is 0. The van der Waals surface area contributed by atoms with Crippen molar-refractivity contribution in [2.75, 3.05) is 25.5 Å². The largest absolute Gasteiger partial charge is 0.342 e. The van der Waals surface area contributed by atoms with Gasteiger partial charge in [0.2, 0.25) is 5.91 Å². The Bertz CT molecular complexity index is 597. The summed E-state index contributed by atoms with van der Waals surface area (Å²) in [6.45, 7) is 1.24. The molecule has 5 heteroatoms. The lowest BCUT2D eigenvalue weighted by molar-refractivity contribution is -0.138. The Morgan fingerprint density at radius 2 is 1.69 bits per heavy atom. The van der Waals surface area contributed by atoms with Gasteiger partial charge in [0.15, 0.2) is 0 Å². The van der Waals surface area contributed by atoms with Gasteiger partial charge < -0.3 is 15.1 Å². The van der Waals surface area contributed by atoms with Crippen molar-refractivity contribution in [1.82, 2.24) is 9.80 Å². The van der Waals surface area contributed by atoms with Crippen LogP contribution in [0.2, 0.25) is 0 Å². The maximum Gasteiger partial charge on any atom is 0.321 e. The van der Waals surface area contributed by atoms with Gasteiger partial charge in [-0.1, -0.05) is 43.9 Å². The van der Waals surface area contributed by atoms with Crippen LogP contribution in [0.4, 0.5) is 10.5 Å². The van der Waals surface area contributed by atoms with Crippen LogP contribution in [0.15, 0.2) is 30.3 Å². The van der Waals surface area contributed by atoms with E-state index in [1.54, 1.807) is 4.90 Å². The number of carbonyl (C=O) groups is 2. The Labute approximate surface area is 156 Å². The zero-order valence-corrected chi connectivity index (χ0v) is 15.8. The number of rotatable bonds is 3. The van der Waals surface area contributed by atoms with Gasteiger partial charge in [-0.15, -0.1) is 0 Å². The number of urea groups is 1. The fourth-order valence-corrected chi connectivity index (χ4v) is 4.20. The van der Waals surface area contributed by atoms with Crippen LogP contribution in [-0.4, -0.2) is 47.9 Å². The van der Waals surface area contributed by atoms with Gasteiger partial charge in [0.1, 0.15) is 0 Å². The molecule has 1 unspecified atom stereocenters. The van der Waals surface area contributed by atoms with Crippen molar-refractivity contribution in [3.05, 3.63) is 30.3 Å². The molecule has 0 bridgehead atoms. The van der Waals surface area contributed by atoms with Crippen molar-refractivity contribution in [2.45, 2.75) is 57.4 Å². The van der Waals surface area contributed by atoms with Crippen molar-refractivity contribution >= 4 is 17.6 Å². The molecule has 1 atom stereocenters. The number of carbonyl (C=O) groups excluding carboxylic acids is 2. The number of benzene rings is 1. The molecule has 1 saturated carbocycles. The van der Waals surface area contributed by atoms with E-state index in [-0.39, 0.29) is 17.9 Å². The van der Waals surface area contributed by atoms with Gasteiger partial charge in [-0.3, -0.25) is 4.79 Å². The van der Waals surface area contributed by atoms with E-state index in [4.69, 9.17) is 0 Å². The van der Waals surface area contributed by atoms with E-state index in [1.165, 1.54) is 25.7 Å². The summed E-state index contributed by atoms with van der Waals surface area (Å²) >= 11 is 0. The number of likely N-dealkylation sites (tertiary alicyclic amines) is 1. The minimum atomic E-state index is -0.106. The van der Waals surface area contributed by atoms with Crippen molar-refractivity contribution in [2.24, 2.45) is 5.92 Å². The van der Waals surface area contributed by atoms with E-state index in [0.717, 1.165) is 37.9 Å². The molecule has 2 fully saturated rings. The van der Waals surface area contributed by atoms with E-state index in [1.807, 2.05) is 42.3 Å². The lowest BCUT2D eigenvalue weighted by atomic mass is 9.95. The number of nitrogens with zero attached hydrogens (tertiary/aromatic N) is 2. The molecule has 1 saturated heterocycles. The molecule has 1 aliphatic heterocycles. The van der Waals surface area contributed by atoms with Gasteiger partial charge in [0, 0.05) is 31.9 Å². The molecule has 0 spiro atoms. The minimum absolute atomic E-state index is 0.0708. The monoisotopic (exact) mass is 357 g/mol. The van der Waals surface area contributed by atoms with Gasteiger partial charge in [-0.05, 0) is 37.8 Å². The molecule has 26 heavy (non-hydrogen) atoms. The van der Waals surface area contributed by atoms with Crippen LogP contribution in [0.3, 0.4) is 0 Å². The number of amides is 3. The normalized spacial score (nSPS) is 21.7. The first-order valence-corrected chi connectivity index (χ1v) is 10.0. The van der Waals surface area contributed by atoms with E-state index < -0.39 is 0 Å². The van der Waals surface area contributed by atoms with Gasteiger partial charge in [-0.25, -0.2) is 4.79 Å². The molecule has 5 nitrogen and oxygen atoms in total. The van der Waals surface area contributed by atoms with Crippen molar-refractivity contribution in [1.29, 1.82) is 0 Å². The lowest BCUT2D eigenvalue weighted by Gasteiger charge is -2.36. The van der Waals surface area contributed by atoms with Crippen molar-refractivity contribution in [3.8, 4) is 0 Å². The maximum absolute atomic E-state index is 13.0. The van der Waals surface area contributed by atoms with E-state index in [9.17, 15) is 9.59 Å². The summed E-state index contributed by atoms with van der Waals surface area (Å²) in [5, 5.41) is 2.93. The van der Waals surface area contributed by atoms with Crippen LogP contribution in [-0.2, 0) is 4.79 Å². The molecule has 1 aromatic rings. The highest BCUT2D eigenvalue weighted by Gasteiger charge is 2.32. The van der Waals surface area contributed by atoms with Crippen LogP contribution in [0.1, 0.15) is 51.4 Å². The Hall–Kier alpha value is -2.04. The summed E-state index contributed by atoms with van der Waals surface area (Å²) in [5.74, 6) is 0.146. The van der Waals surface area contributed by atoms with Crippen molar-refractivity contribution < 1.29 is 9.59 Å². The number of piperidine rings is 1. The molecular formula is C21H31N3O2. The smallest absolute Gasteiger partial charge is 0.321 e. The number of para-hydroxylation sites is 1. The number of anilines is 1. The van der Waals surface area contributed by atoms with Crippen LogP contribution >= 0.6 is 0 Å². The molecule has 1 heterocycles. The zero-order valence-electron chi connectivity index (χ0n) is 15.8. The summed E-state index contributed by atoms with van der Waals surface area (Å²) in [7, 11) is 1.96. The second-order valence-electron chi connectivity index (χ2n) is 7.68. The Morgan fingerprint density at radius 3 is 2.38 bits per heavy atom. The van der Waals surface area contributed by atoms with Crippen LogP contribution in [0.25, 0.3) is 0 Å². The first kappa shape index (κ1) is 18.7. The first-order chi connectivity index (χ1) is 12.6. The summed E-state index contributed by atoms with van der Waals surface area (Å²) in [5.41, 5.74) is 0.793. The molecule has 2 aliphatic rings. The second-order valence-corrected chi connectivity index (χ2v) is 7.68. The fraction of sp³-hybridized carbons (Fsp3) is 0.619.